The number of hydrogen-bond donors (Lipinski definition) is 3. The van der Waals surface area contributed by atoms with Gasteiger partial charge in [-0.05, 0) is 77.0 Å². The van der Waals surface area contributed by atoms with Crippen LogP contribution >= 0.6 is 0 Å². The van der Waals surface area contributed by atoms with Crippen LogP contribution in [0.15, 0.2) is 36.5 Å². The zero-order valence-electron chi connectivity index (χ0n) is 50.9. The van der Waals surface area contributed by atoms with Gasteiger partial charge in [0.15, 0.2) is 24.6 Å². The van der Waals surface area contributed by atoms with Crippen LogP contribution in [0.4, 0.5) is 0 Å². The Kier molecular flexibility index (Phi) is 51.9. The standard InChI is InChI=1S/C67H120O12/c1-4-7-10-13-16-19-22-25-28-29-30-31-34-35-38-41-44-47-50-53-59(68)75-56-58(77-60(69)54-51-48-45-42-39-36-32-26-23-20-17-14-11-8-5-2)57-76-67-65(63(72)62(71)64(79-67)66(73)74)78-61(70)55-52-49-46-43-40-37-33-27-24-21-18-15-12-9-6-3/h17,20,26-27,32-33,58,62-65,67,71-72H,4-16,18-19,21-25,28-31,34-57H2,1-3H3,(H,73,74)/b20-17-,32-26-,33-27-. The maximum atomic E-state index is 13.2. The van der Waals surface area contributed by atoms with Crippen molar-refractivity contribution in [1.29, 1.82) is 0 Å². The molecule has 0 aliphatic carbocycles. The molecule has 1 heterocycles. The monoisotopic (exact) mass is 1120 g/mol. The first-order valence-electron chi connectivity index (χ1n) is 33.0. The zero-order chi connectivity index (χ0) is 57.5. The highest BCUT2D eigenvalue weighted by atomic mass is 16.7. The van der Waals surface area contributed by atoms with Crippen LogP contribution in [0.3, 0.4) is 0 Å². The molecule has 12 nitrogen and oxygen atoms in total. The molecule has 12 heteroatoms. The normalized spacial score (nSPS) is 18.0. The van der Waals surface area contributed by atoms with Gasteiger partial charge >= 0.3 is 23.9 Å². The van der Waals surface area contributed by atoms with Gasteiger partial charge in [0.05, 0.1) is 6.61 Å². The number of carboxylic acids is 1. The van der Waals surface area contributed by atoms with E-state index in [1.807, 2.05) is 0 Å². The first kappa shape index (κ1) is 74.0. The largest absolute Gasteiger partial charge is 0.479 e. The summed E-state index contributed by atoms with van der Waals surface area (Å²) < 4.78 is 28.5. The van der Waals surface area contributed by atoms with Gasteiger partial charge in [-0.3, -0.25) is 14.4 Å². The molecule has 1 aliphatic rings. The van der Waals surface area contributed by atoms with Crippen LogP contribution in [0.5, 0.6) is 0 Å². The van der Waals surface area contributed by atoms with E-state index in [1.165, 1.54) is 154 Å². The molecule has 1 fully saturated rings. The van der Waals surface area contributed by atoms with Crippen molar-refractivity contribution in [3.05, 3.63) is 36.5 Å². The summed E-state index contributed by atoms with van der Waals surface area (Å²) in [6.45, 7) is 6.00. The molecule has 3 N–H and O–H groups in total. The Labute approximate surface area is 482 Å². The van der Waals surface area contributed by atoms with Crippen molar-refractivity contribution in [3.63, 3.8) is 0 Å². The van der Waals surface area contributed by atoms with E-state index in [9.17, 15) is 34.5 Å². The van der Waals surface area contributed by atoms with Gasteiger partial charge in [-0.1, -0.05) is 256 Å². The quantitative estimate of drug-likeness (QED) is 0.0228. The van der Waals surface area contributed by atoms with Crippen molar-refractivity contribution in [1.82, 2.24) is 0 Å². The number of carbonyl (C=O) groups is 4. The van der Waals surface area contributed by atoms with Crippen molar-refractivity contribution in [2.75, 3.05) is 13.2 Å². The summed E-state index contributed by atoms with van der Waals surface area (Å²) in [4.78, 5) is 51.3. The van der Waals surface area contributed by atoms with E-state index in [0.717, 1.165) is 103 Å². The van der Waals surface area contributed by atoms with Gasteiger partial charge in [-0.2, -0.15) is 0 Å². The maximum Gasteiger partial charge on any atom is 0.335 e. The minimum atomic E-state index is -1.91. The van der Waals surface area contributed by atoms with E-state index in [4.69, 9.17) is 23.7 Å². The van der Waals surface area contributed by atoms with E-state index < -0.39 is 67.3 Å². The molecule has 1 saturated heterocycles. The lowest BCUT2D eigenvalue weighted by Crippen LogP contribution is -2.61. The number of carboxylic acid groups (broad SMARTS) is 1. The molecule has 0 aromatic heterocycles. The van der Waals surface area contributed by atoms with E-state index in [0.29, 0.717) is 19.3 Å². The molecule has 0 aromatic rings. The number of ether oxygens (including phenoxy) is 5. The number of rotatable bonds is 57. The number of esters is 3. The minimum Gasteiger partial charge on any atom is -0.479 e. The summed E-state index contributed by atoms with van der Waals surface area (Å²) >= 11 is 0. The van der Waals surface area contributed by atoms with Gasteiger partial charge in [-0.15, -0.1) is 0 Å². The van der Waals surface area contributed by atoms with E-state index in [2.05, 4.69) is 57.2 Å². The number of aliphatic hydroxyl groups is 2. The van der Waals surface area contributed by atoms with Crippen LogP contribution in [0, 0.1) is 0 Å². The average Bonchev–Trinajstić information content (AvgIpc) is 3.46. The molecular weight excluding hydrogens is 997 g/mol. The Balaban J connectivity index is 2.64. The molecule has 1 rings (SSSR count). The molecule has 6 atom stereocenters. The lowest BCUT2D eigenvalue weighted by atomic mass is 9.98. The van der Waals surface area contributed by atoms with Crippen LogP contribution in [0.1, 0.15) is 316 Å². The number of unbranched alkanes of at least 4 members (excludes halogenated alkanes) is 37. The average molecular weight is 1120 g/mol. The highest BCUT2D eigenvalue weighted by Gasteiger charge is 2.50. The molecule has 6 unspecified atom stereocenters. The van der Waals surface area contributed by atoms with Crippen molar-refractivity contribution in [2.24, 2.45) is 0 Å². The van der Waals surface area contributed by atoms with Gasteiger partial charge in [0, 0.05) is 19.3 Å². The smallest absolute Gasteiger partial charge is 0.335 e. The molecule has 1 aliphatic heterocycles. The minimum absolute atomic E-state index is 0.0520. The lowest BCUT2D eigenvalue weighted by Gasteiger charge is -2.40. The highest BCUT2D eigenvalue weighted by Crippen LogP contribution is 2.27. The van der Waals surface area contributed by atoms with Crippen LogP contribution < -0.4 is 0 Å². The maximum absolute atomic E-state index is 13.2. The van der Waals surface area contributed by atoms with Crippen LogP contribution in [-0.4, -0.2) is 89.2 Å². The van der Waals surface area contributed by atoms with Crippen molar-refractivity contribution >= 4 is 23.9 Å². The van der Waals surface area contributed by atoms with E-state index in [1.54, 1.807) is 0 Å². The number of carbonyl (C=O) groups excluding carboxylic acids is 3. The van der Waals surface area contributed by atoms with E-state index >= 15 is 0 Å². The second-order valence-electron chi connectivity index (χ2n) is 22.8. The molecule has 0 saturated carbocycles. The fourth-order valence-electron chi connectivity index (χ4n) is 10.1. The van der Waals surface area contributed by atoms with Gasteiger partial charge < -0.3 is 39.0 Å². The third kappa shape index (κ3) is 45.2. The van der Waals surface area contributed by atoms with Crippen LogP contribution in [-0.2, 0) is 42.9 Å². The van der Waals surface area contributed by atoms with Crippen molar-refractivity contribution < 1.29 is 58.2 Å². The fraction of sp³-hybridized carbons (Fsp3) is 0.851. The Morgan fingerprint density at radius 3 is 1.18 bits per heavy atom. The first-order valence-corrected chi connectivity index (χ1v) is 33.0. The van der Waals surface area contributed by atoms with Gasteiger partial charge in [0.25, 0.3) is 0 Å². The van der Waals surface area contributed by atoms with Gasteiger partial charge in [0.2, 0.25) is 0 Å². The Hall–Kier alpha value is -3.06. The number of hydrogen-bond acceptors (Lipinski definition) is 11. The number of aliphatic carboxylic acids is 1. The van der Waals surface area contributed by atoms with E-state index in [-0.39, 0.29) is 25.9 Å². The summed E-state index contributed by atoms with van der Waals surface area (Å²) in [5, 5.41) is 31.6. The predicted octanol–water partition coefficient (Wildman–Crippen LogP) is 17.6. The molecule has 460 valence electrons. The first-order chi connectivity index (χ1) is 38.6. The summed E-state index contributed by atoms with van der Waals surface area (Å²) in [6, 6.07) is 0. The fourth-order valence-corrected chi connectivity index (χ4v) is 10.1. The summed E-state index contributed by atoms with van der Waals surface area (Å²) in [6.07, 6.45) is 53.9. The van der Waals surface area contributed by atoms with Crippen molar-refractivity contribution in [2.45, 2.75) is 353 Å². The van der Waals surface area contributed by atoms with Crippen LogP contribution in [0.25, 0.3) is 0 Å². The van der Waals surface area contributed by atoms with Crippen molar-refractivity contribution in [3.8, 4) is 0 Å². The summed E-state index contributed by atoms with van der Waals surface area (Å²) in [7, 11) is 0. The molecular formula is C67H120O12. The molecule has 0 spiro atoms. The molecule has 0 amide bonds. The zero-order valence-corrected chi connectivity index (χ0v) is 50.9. The lowest BCUT2D eigenvalue weighted by molar-refractivity contribution is -0.301. The summed E-state index contributed by atoms with van der Waals surface area (Å²) in [5.74, 6) is -3.12. The number of allylic oxidation sites excluding steroid dienone is 6. The Bertz CT molecular complexity index is 1510. The third-order valence-corrected chi connectivity index (χ3v) is 15.2. The molecule has 0 aromatic carbocycles. The van der Waals surface area contributed by atoms with Gasteiger partial charge in [-0.25, -0.2) is 4.79 Å². The third-order valence-electron chi connectivity index (χ3n) is 15.2. The second kappa shape index (κ2) is 55.5. The Morgan fingerprint density at radius 1 is 0.418 bits per heavy atom. The molecule has 0 bridgehead atoms. The predicted molar refractivity (Wildman–Crippen MR) is 322 cm³/mol. The number of aliphatic hydroxyl groups excluding tert-OH is 2. The topological polar surface area (TPSA) is 175 Å². The highest BCUT2D eigenvalue weighted by molar-refractivity contribution is 5.74. The SMILES string of the molecule is CCCCC/C=C\C/C=C\CCCCCCCC(=O)OC(COC(=O)CCCCCCCCCCCCCCCCCCCCC)COC1OC(C(=O)O)C(O)C(O)C1OC(=O)CCCCCCC/C=C\CCCCCCCC. The second-order valence-corrected chi connectivity index (χ2v) is 22.8. The Morgan fingerprint density at radius 2 is 0.759 bits per heavy atom. The molecule has 0 radical (unpaired) electrons. The van der Waals surface area contributed by atoms with Crippen LogP contribution in [0.2, 0.25) is 0 Å². The molecule has 79 heavy (non-hydrogen) atoms. The summed E-state index contributed by atoms with van der Waals surface area (Å²) in [5.41, 5.74) is 0. The van der Waals surface area contributed by atoms with Gasteiger partial charge in [0.1, 0.15) is 18.8 Å².